The zero-order valence-electron chi connectivity index (χ0n) is 6.44. The SMILES string of the molecule is CCCCCCC(C)=O.[NaH]. The molecule has 56 valence electrons. The predicted molar refractivity (Wildman–Crippen MR) is 46.6 cm³/mol. The molecule has 0 spiro atoms. The Balaban J connectivity index is 0. The molecule has 0 heterocycles. The van der Waals surface area contributed by atoms with Crippen LogP contribution < -0.4 is 0 Å². The van der Waals surface area contributed by atoms with Crippen LogP contribution in [0.5, 0.6) is 0 Å². The number of ketones is 1. The van der Waals surface area contributed by atoms with Crippen LogP contribution in [-0.4, -0.2) is 35.3 Å². The number of hydrogen-bond acceptors (Lipinski definition) is 1. The number of carbonyl (C=O) groups is 1. The Morgan fingerprint density at radius 3 is 2.20 bits per heavy atom. The molecule has 0 aromatic carbocycles. The van der Waals surface area contributed by atoms with Gasteiger partial charge in [-0.3, -0.25) is 0 Å². The van der Waals surface area contributed by atoms with E-state index in [2.05, 4.69) is 6.92 Å². The van der Waals surface area contributed by atoms with Gasteiger partial charge in [0.15, 0.2) is 0 Å². The van der Waals surface area contributed by atoms with Crippen molar-refractivity contribution in [2.24, 2.45) is 0 Å². The van der Waals surface area contributed by atoms with Crippen molar-refractivity contribution < 1.29 is 4.79 Å². The van der Waals surface area contributed by atoms with Crippen molar-refractivity contribution in [3.63, 3.8) is 0 Å². The van der Waals surface area contributed by atoms with Gasteiger partial charge in [0.25, 0.3) is 0 Å². The van der Waals surface area contributed by atoms with Gasteiger partial charge in [-0.1, -0.05) is 26.2 Å². The quantitative estimate of drug-likeness (QED) is 0.434. The zero-order valence-corrected chi connectivity index (χ0v) is 6.44. The van der Waals surface area contributed by atoms with Gasteiger partial charge in [-0.15, -0.1) is 0 Å². The summed E-state index contributed by atoms with van der Waals surface area (Å²) in [6, 6.07) is 0. The maximum absolute atomic E-state index is 10.4. The minimum atomic E-state index is 0. The van der Waals surface area contributed by atoms with Crippen LogP contribution in [0.1, 0.15) is 46.0 Å². The van der Waals surface area contributed by atoms with E-state index in [0.29, 0.717) is 5.78 Å². The van der Waals surface area contributed by atoms with Crippen molar-refractivity contribution >= 4 is 35.3 Å². The van der Waals surface area contributed by atoms with Crippen LogP contribution in [0.15, 0.2) is 0 Å². The third-order valence-corrected chi connectivity index (χ3v) is 1.38. The molecular formula is C8H17NaO. The Labute approximate surface area is 85.9 Å². The fourth-order valence-electron chi connectivity index (χ4n) is 0.801. The predicted octanol–water partition coefficient (Wildman–Crippen LogP) is 1.90. The van der Waals surface area contributed by atoms with Crippen LogP contribution in [0.4, 0.5) is 0 Å². The van der Waals surface area contributed by atoms with Gasteiger partial charge < -0.3 is 4.79 Å². The van der Waals surface area contributed by atoms with E-state index in [1.807, 2.05) is 0 Å². The molecule has 0 aromatic heterocycles. The average molecular weight is 152 g/mol. The molecule has 0 aromatic rings. The Bertz CT molecular complexity index is 81.3. The Morgan fingerprint density at radius 1 is 1.20 bits per heavy atom. The molecule has 0 aliphatic heterocycles. The molecule has 0 bridgehead atoms. The summed E-state index contributed by atoms with van der Waals surface area (Å²) in [7, 11) is 0. The van der Waals surface area contributed by atoms with Crippen molar-refractivity contribution in [3.8, 4) is 0 Å². The van der Waals surface area contributed by atoms with Crippen molar-refractivity contribution in [3.05, 3.63) is 0 Å². The molecule has 0 amide bonds. The van der Waals surface area contributed by atoms with Gasteiger partial charge in [-0.2, -0.15) is 0 Å². The van der Waals surface area contributed by atoms with E-state index in [1.165, 1.54) is 19.3 Å². The van der Waals surface area contributed by atoms with Crippen LogP contribution >= 0.6 is 0 Å². The van der Waals surface area contributed by atoms with E-state index in [-0.39, 0.29) is 29.6 Å². The summed E-state index contributed by atoms with van der Waals surface area (Å²) in [4.78, 5) is 10.4. The first-order valence-electron chi connectivity index (χ1n) is 3.76. The zero-order chi connectivity index (χ0) is 7.11. The van der Waals surface area contributed by atoms with Gasteiger partial charge in [0, 0.05) is 6.42 Å². The first kappa shape index (κ1) is 13.3. The molecule has 0 fully saturated rings. The van der Waals surface area contributed by atoms with Crippen molar-refractivity contribution in [2.45, 2.75) is 46.0 Å². The monoisotopic (exact) mass is 152 g/mol. The van der Waals surface area contributed by atoms with Crippen LogP contribution in [0.25, 0.3) is 0 Å². The number of Topliss-reactive ketones (excluding diaryl/α,β-unsaturated/α-hetero) is 1. The summed E-state index contributed by atoms with van der Waals surface area (Å²) in [6.07, 6.45) is 5.60. The van der Waals surface area contributed by atoms with Gasteiger partial charge in [0.05, 0.1) is 0 Å². The minimum absolute atomic E-state index is 0. The fourth-order valence-corrected chi connectivity index (χ4v) is 0.801. The summed E-state index contributed by atoms with van der Waals surface area (Å²) in [5.41, 5.74) is 0. The van der Waals surface area contributed by atoms with Gasteiger partial charge in [0.2, 0.25) is 0 Å². The molecule has 0 aliphatic rings. The van der Waals surface area contributed by atoms with Crippen molar-refractivity contribution in [1.82, 2.24) is 0 Å². The van der Waals surface area contributed by atoms with E-state index >= 15 is 0 Å². The normalized spacial score (nSPS) is 8.60. The Morgan fingerprint density at radius 2 is 1.80 bits per heavy atom. The first-order chi connectivity index (χ1) is 4.27. The second-order valence-electron chi connectivity index (χ2n) is 2.51. The Hall–Kier alpha value is 0.670. The van der Waals surface area contributed by atoms with Gasteiger partial charge in [-0.25, -0.2) is 0 Å². The number of unbranched alkanes of at least 4 members (excludes halogenated alkanes) is 3. The Kier molecular flexibility index (Phi) is 12.8. The summed E-state index contributed by atoms with van der Waals surface area (Å²) in [5.74, 6) is 0.325. The number of rotatable bonds is 5. The van der Waals surface area contributed by atoms with E-state index in [9.17, 15) is 4.79 Å². The molecule has 0 saturated heterocycles. The van der Waals surface area contributed by atoms with E-state index in [0.717, 1.165) is 12.8 Å². The molecule has 0 rings (SSSR count). The number of hydrogen-bond donors (Lipinski definition) is 0. The van der Waals surface area contributed by atoms with E-state index in [4.69, 9.17) is 0 Å². The molecular weight excluding hydrogens is 135 g/mol. The van der Waals surface area contributed by atoms with Crippen LogP contribution in [0, 0.1) is 0 Å². The second-order valence-corrected chi connectivity index (χ2v) is 2.51. The third kappa shape index (κ3) is 11.5. The molecule has 2 heteroatoms. The molecule has 0 N–H and O–H groups in total. The van der Waals surface area contributed by atoms with Crippen LogP contribution in [0.2, 0.25) is 0 Å². The van der Waals surface area contributed by atoms with Gasteiger partial charge >= 0.3 is 29.6 Å². The second kappa shape index (κ2) is 9.67. The van der Waals surface area contributed by atoms with Crippen LogP contribution in [0.3, 0.4) is 0 Å². The van der Waals surface area contributed by atoms with E-state index < -0.39 is 0 Å². The van der Waals surface area contributed by atoms with Gasteiger partial charge in [0.1, 0.15) is 5.78 Å². The number of carbonyl (C=O) groups excluding carboxylic acids is 1. The maximum atomic E-state index is 10.4. The topological polar surface area (TPSA) is 17.1 Å². The summed E-state index contributed by atoms with van der Waals surface area (Å²) < 4.78 is 0. The standard InChI is InChI=1S/C8H16O.Na.H/c1-3-4-5-6-7-8(2)9;;/h3-7H2,1-2H3;;. The molecule has 0 radical (unpaired) electrons. The fraction of sp³-hybridized carbons (Fsp3) is 0.875. The van der Waals surface area contributed by atoms with Crippen molar-refractivity contribution in [1.29, 1.82) is 0 Å². The first-order valence-corrected chi connectivity index (χ1v) is 3.76. The third-order valence-electron chi connectivity index (χ3n) is 1.38. The molecule has 0 atom stereocenters. The van der Waals surface area contributed by atoms with E-state index in [1.54, 1.807) is 6.92 Å². The summed E-state index contributed by atoms with van der Waals surface area (Å²) >= 11 is 0. The molecule has 10 heavy (non-hydrogen) atoms. The van der Waals surface area contributed by atoms with Crippen LogP contribution in [-0.2, 0) is 4.79 Å². The molecule has 0 saturated carbocycles. The summed E-state index contributed by atoms with van der Waals surface area (Å²) in [6.45, 7) is 3.83. The summed E-state index contributed by atoms with van der Waals surface area (Å²) in [5, 5.41) is 0. The van der Waals surface area contributed by atoms with Gasteiger partial charge in [-0.05, 0) is 13.3 Å². The average Bonchev–Trinajstić information content (AvgIpc) is 1.80. The van der Waals surface area contributed by atoms with Crippen molar-refractivity contribution in [2.75, 3.05) is 0 Å². The molecule has 1 nitrogen and oxygen atoms in total. The molecule has 0 aliphatic carbocycles. The molecule has 0 unspecified atom stereocenters.